The number of aromatic nitrogens is 2. The van der Waals surface area contributed by atoms with E-state index >= 15 is 0 Å². The lowest BCUT2D eigenvalue weighted by atomic mass is 10.1. The summed E-state index contributed by atoms with van der Waals surface area (Å²) < 4.78 is 0. The molecule has 0 aliphatic heterocycles. The normalized spacial score (nSPS) is 11.2. The summed E-state index contributed by atoms with van der Waals surface area (Å²) in [4.78, 5) is 18.5. The van der Waals surface area contributed by atoms with Crippen LogP contribution in [-0.4, -0.2) is 15.9 Å². The van der Waals surface area contributed by atoms with Gasteiger partial charge < -0.3 is 4.98 Å². The fourth-order valence-electron chi connectivity index (χ4n) is 2.88. The largest absolute Gasteiger partial charge is 0.331 e. The minimum atomic E-state index is 0.0487. The van der Waals surface area contributed by atoms with E-state index in [2.05, 4.69) is 34.4 Å². The zero-order chi connectivity index (χ0) is 18.0. The van der Waals surface area contributed by atoms with Gasteiger partial charge in [-0.05, 0) is 32.1 Å². The van der Waals surface area contributed by atoms with Gasteiger partial charge in [0.15, 0.2) is 0 Å². The number of carbonyl (C=O) groups is 1. The number of unbranched alkanes of at least 4 members (excludes halogenated alkanes) is 11. The number of anilines is 1. The van der Waals surface area contributed by atoms with Crippen molar-refractivity contribution in [3.8, 4) is 0 Å². The van der Waals surface area contributed by atoms with Gasteiger partial charge in [-0.2, -0.15) is 0 Å². The van der Waals surface area contributed by atoms with Crippen molar-refractivity contribution in [2.45, 2.75) is 96.8 Å². The summed E-state index contributed by atoms with van der Waals surface area (Å²) >= 11 is 0. The number of hydrogen-bond donors (Lipinski definition) is 2. The minimum Gasteiger partial charge on any atom is -0.331 e. The van der Waals surface area contributed by atoms with E-state index in [1.807, 2.05) is 0 Å². The van der Waals surface area contributed by atoms with Crippen LogP contribution in [0.3, 0.4) is 0 Å². The Balaban J connectivity index is 1.79. The highest BCUT2D eigenvalue weighted by Gasteiger charge is 2.02. The molecule has 142 valence electrons. The molecule has 4 heteroatoms. The van der Waals surface area contributed by atoms with E-state index in [9.17, 15) is 4.79 Å². The molecule has 25 heavy (non-hydrogen) atoms. The number of amides is 1. The molecule has 1 rings (SSSR count). The molecule has 1 aromatic heterocycles. The topological polar surface area (TPSA) is 57.8 Å². The number of aromatic amines is 1. The van der Waals surface area contributed by atoms with Crippen LogP contribution >= 0.6 is 0 Å². The van der Waals surface area contributed by atoms with E-state index in [1.54, 1.807) is 12.4 Å². The summed E-state index contributed by atoms with van der Waals surface area (Å²) in [6, 6.07) is 0. The molecule has 4 nitrogen and oxygen atoms in total. The van der Waals surface area contributed by atoms with E-state index in [1.165, 1.54) is 70.6 Å². The zero-order valence-electron chi connectivity index (χ0n) is 16.1. The van der Waals surface area contributed by atoms with Crippen molar-refractivity contribution in [1.82, 2.24) is 9.97 Å². The molecular weight excluding hydrogens is 310 g/mol. The minimum absolute atomic E-state index is 0.0487. The standard InChI is InChI=1S/C21H37N3O/c1-2-3-4-5-6-7-8-9-10-11-12-13-14-15-16-17-20(25)24-21-22-18-19-23-21/h9-10,18-19H,2-8,11-17H2,1H3,(H2,22,23,24,25)/b10-9-. The summed E-state index contributed by atoms with van der Waals surface area (Å²) in [5.41, 5.74) is 0. The van der Waals surface area contributed by atoms with Crippen molar-refractivity contribution in [1.29, 1.82) is 0 Å². The molecule has 0 radical (unpaired) electrons. The van der Waals surface area contributed by atoms with Crippen molar-refractivity contribution < 1.29 is 4.79 Å². The summed E-state index contributed by atoms with van der Waals surface area (Å²) in [7, 11) is 0. The Morgan fingerprint density at radius 3 is 2.16 bits per heavy atom. The van der Waals surface area contributed by atoms with Crippen LogP contribution in [0.1, 0.15) is 96.8 Å². The average Bonchev–Trinajstić information content (AvgIpc) is 3.11. The predicted octanol–water partition coefficient (Wildman–Crippen LogP) is 6.39. The third kappa shape index (κ3) is 13.4. The average molecular weight is 348 g/mol. The van der Waals surface area contributed by atoms with Gasteiger partial charge in [-0.15, -0.1) is 0 Å². The Labute approximate surface area is 153 Å². The van der Waals surface area contributed by atoms with Crippen LogP contribution in [0.2, 0.25) is 0 Å². The Hall–Kier alpha value is -1.58. The molecular formula is C21H37N3O. The maximum absolute atomic E-state index is 11.7. The third-order valence-electron chi connectivity index (χ3n) is 4.42. The number of imidazole rings is 1. The first-order valence-electron chi connectivity index (χ1n) is 10.3. The molecule has 0 aliphatic carbocycles. The van der Waals surface area contributed by atoms with Gasteiger partial charge in [0.05, 0.1) is 0 Å². The second kappa shape index (κ2) is 15.9. The molecule has 2 N–H and O–H groups in total. The van der Waals surface area contributed by atoms with Crippen molar-refractivity contribution in [3.63, 3.8) is 0 Å². The maximum atomic E-state index is 11.7. The van der Waals surface area contributed by atoms with Crippen LogP contribution in [0.25, 0.3) is 0 Å². The number of rotatable bonds is 16. The summed E-state index contributed by atoms with van der Waals surface area (Å²) in [6.07, 6.45) is 25.2. The van der Waals surface area contributed by atoms with Gasteiger partial charge in [0.2, 0.25) is 11.9 Å². The number of hydrogen-bond acceptors (Lipinski definition) is 2. The highest BCUT2D eigenvalue weighted by molar-refractivity contribution is 5.88. The van der Waals surface area contributed by atoms with Crippen molar-refractivity contribution in [3.05, 3.63) is 24.5 Å². The number of carbonyl (C=O) groups excluding carboxylic acids is 1. The third-order valence-corrected chi connectivity index (χ3v) is 4.42. The molecule has 1 heterocycles. The van der Waals surface area contributed by atoms with Crippen LogP contribution in [-0.2, 0) is 4.79 Å². The lowest BCUT2D eigenvalue weighted by Gasteiger charge is -2.02. The van der Waals surface area contributed by atoms with Crippen molar-refractivity contribution in [2.24, 2.45) is 0 Å². The summed E-state index contributed by atoms with van der Waals surface area (Å²) in [5.74, 6) is 0.588. The predicted molar refractivity (Wildman–Crippen MR) is 107 cm³/mol. The van der Waals surface area contributed by atoms with Gasteiger partial charge in [0, 0.05) is 18.8 Å². The molecule has 0 fully saturated rings. The molecule has 0 aliphatic rings. The fourth-order valence-corrected chi connectivity index (χ4v) is 2.88. The van der Waals surface area contributed by atoms with Gasteiger partial charge in [-0.25, -0.2) is 4.98 Å². The SMILES string of the molecule is CCCCCCCC/C=C\CCCCCCCC(=O)Nc1ncc[nH]1. The molecule has 0 unspecified atom stereocenters. The van der Waals surface area contributed by atoms with E-state index < -0.39 is 0 Å². The van der Waals surface area contributed by atoms with Crippen LogP contribution < -0.4 is 5.32 Å². The van der Waals surface area contributed by atoms with Gasteiger partial charge in [0.1, 0.15) is 0 Å². The van der Waals surface area contributed by atoms with Crippen LogP contribution in [0.4, 0.5) is 5.95 Å². The highest BCUT2D eigenvalue weighted by Crippen LogP contribution is 2.10. The van der Waals surface area contributed by atoms with E-state index in [0.717, 1.165) is 12.8 Å². The lowest BCUT2D eigenvalue weighted by molar-refractivity contribution is -0.116. The lowest BCUT2D eigenvalue weighted by Crippen LogP contribution is -2.12. The second-order valence-corrected chi connectivity index (χ2v) is 6.82. The van der Waals surface area contributed by atoms with Gasteiger partial charge in [-0.1, -0.05) is 70.4 Å². The Bertz CT molecular complexity index is 440. The molecule has 0 saturated heterocycles. The summed E-state index contributed by atoms with van der Waals surface area (Å²) in [5, 5.41) is 2.76. The van der Waals surface area contributed by atoms with Gasteiger partial charge in [0.25, 0.3) is 0 Å². The molecule has 1 aromatic rings. The van der Waals surface area contributed by atoms with Crippen LogP contribution in [0.5, 0.6) is 0 Å². The number of nitrogens with one attached hydrogen (secondary N) is 2. The zero-order valence-corrected chi connectivity index (χ0v) is 16.1. The molecule has 0 spiro atoms. The Kier molecular flexibility index (Phi) is 13.7. The van der Waals surface area contributed by atoms with Gasteiger partial charge in [-0.3, -0.25) is 10.1 Å². The quantitative estimate of drug-likeness (QED) is 0.269. The number of allylic oxidation sites excluding steroid dienone is 2. The maximum Gasteiger partial charge on any atom is 0.226 e. The van der Waals surface area contributed by atoms with E-state index in [4.69, 9.17) is 0 Å². The first-order valence-corrected chi connectivity index (χ1v) is 10.3. The number of nitrogens with zero attached hydrogens (tertiary/aromatic N) is 1. The molecule has 0 bridgehead atoms. The number of H-pyrrole nitrogens is 1. The van der Waals surface area contributed by atoms with E-state index in [0.29, 0.717) is 12.4 Å². The Morgan fingerprint density at radius 2 is 1.56 bits per heavy atom. The van der Waals surface area contributed by atoms with Crippen molar-refractivity contribution >= 4 is 11.9 Å². The second-order valence-electron chi connectivity index (χ2n) is 6.82. The molecule has 0 saturated carbocycles. The molecule has 1 amide bonds. The molecule has 0 aromatic carbocycles. The monoisotopic (exact) mass is 347 g/mol. The first kappa shape index (κ1) is 21.5. The smallest absolute Gasteiger partial charge is 0.226 e. The van der Waals surface area contributed by atoms with Crippen molar-refractivity contribution in [2.75, 3.05) is 5.32 Å². The van der Waals surface area contributed by atoms with Gasteiger partial charge >= 0.3 is 0 Å². The fraction of sp³-hybridized carbons (Fsp3) is 0.714. The molecule has 0 atom stereocenters. The Morgan fingerprint density at radius 1 is 0.960 bits per heavy atom. The highest BCUT2D eigenvalue weighted by atomic mass is 16.1. The first-order chi connectivity index (χ1) is 12.3. The van der Waals surface area contributed by atoms with E-state index in [-0.39, 0.29) is 5.91 Å². The van der Waals surface area contributed by atoms with Crippen LogP contribution in [0, 0.1) is 0 Å². The van der Waals surface area contributed by atoms with Crippen LogP contribution in [0.15, 0.2) is 24.5 Å². The summed E-state index contributed by atoms with van der Waals surface area (Å²) in [6.45, 7) is 2.27.